The van der Waals surface area contributed by atoms with Gasteiger partial charge >= 0.3 is 12.1 Å². The number of nitrogens with one attached hydrogen (secondary N) is 2. The van der Waals surface area contributed by atoms with Crippen molar-refractivity contribution in [2.75, 3.05) is 24.3 Å². The number of anilines is 2. The van der Waals surface area contributed by atoms with Gasteiger partial charge in [0.1, 0.15) is 24.3 Å². The normalized spacial score (nSPS) is 19.1. The lowest BCUT2D eigenvalue weighted by Crippen LogP contribution is -2.52. The number of aliphatic hydroxyl groups excluding tert-OH is 1. The van der Waals surface area contributed by atoms with E-state index in [4.69, 9.17) is 14.0 Å². The molecule has 3 N–H and O–H groups in total. The van der Waals surface area contributed by atoms with Gasteiger partial charge in [0.2, 0.25) is 0 Å². The van der Waals surface area contributed by atoms with Gasteiger partial charge in [-0.1, -0.05) is 17.3 Å². The molecule has 12 heteroatoms. The molecule has 0 spiro atoms. The van der Waals surface area contributed by atoms with Gasteiger partial charge in [-0.2, -0.15) is 0 Å². The van der Waals surface area contributed by atoms with E-state index in [1.807, 2.05) is 0 Å². The molecule has 10 nitrogen and oxygen atoms in total. The predicted octanol–water partition coefficient (Wildman–Crippen LogP) is 4.32. The molecule has 0 saturated carbocycles. The summed E-state index contributed by atoms with van der Waals surface area (Å²) in [5, 5.41) is 19.6. The molecule has 3 atom stereocenters. The molecule has 1 saturated heterocycles. The number of halogens is 2. The number of urea groups is 2. The minimum absolute atomic E-state index is 0.124. The first-order valence-corrected chi connectivity index (χ1v) is 12.0. The molecule has 0 bridgehead atoms. The lowest BCUT2D eigenvalue weighted by molar-refractivity contribution is -0.119. The Kier molecular flexibility index (Phi) is 9.00. The Bertz CT molecular complexity index is 1200. The van der Waals surface area contributed by atoms with E-state index < -0.39 is 35.9 Å². The standard InChI is InChI=1S/C26H28F2N4O6/c1-36-15-22-13-20(31-38-22)12-21-8-9-23(33)24(37-21)14-32(25(34)29-18-6-2-4-16(27)10-18)26(35)30-19-7-3-5-17(28)11-19/h2-7,10-11,13,21,23-24,33H,8-9,12,14-15H2,1H3,(H,29,34)(H,30,35). The number of ether oxygens (including phenoxy) is 2. The molecule has 38 heavy (non-hydrogen) atoms. The highest BCUT2D eigenvalue weighted by Gasteiger charge is 2.35. The fraction of sp³-hybridized carbons (Fsp3) is 0.346. The third kappa shape index (κ3) is 7.34. The van der Waals surface area contributed by atoms with Gasteiger partial charge in [0.25, 0.3) is 0 Å². The van der Waals surface area contributed by atoms with E-state index in [0.29, 0.717) is 30.7 Å². The van der Waals surface area contributed by atoms with Crippen molar-refractivity contribution in [1.82, 2.24) is 10.1 Å². The summed E-state index contributed by atoms with van der Waals surface area (Å²) in [6.07, 6.45) is -0.961. The molecule has 2 heterocycles. The molecule has 4 amide bonds. The van der Waals surface area contributed by atoms with Crippen molar-refractivity contribution in [2.24, 2.45) is 0 Å². The first-order chi connectivity index (χ1) is 18.3. The largest absolute Gasteiger partial charge is 0.390 e. The van der Waals surface area contributed by atoms with Crippen LogP contribution < -0.4 is 10.6 Å². The van der Waals surface area contributed by atoms with Crippen molar-refractivity contribution >= 4 is 23.4 Å². The van der Waals surface area contributed by atoms with Crippen molar-refractivity contribution in [3.63, 3.8) is 0 Å². The highest BCUT2D eigenvalue weighted by Crippen LogP contribution is 2.24. The van der Waals surface area contributed by atoms with Gasteiger partial charge in [0.15, 0.2) is 5.76 Å². The lowest BCUT2D eigenvalue weighted by Gasteiger charge is -2.36. The molecular formula is C26H28F2N4O6. The Hall–Kier alpha value is -3.87. The summed E-state index contributed by atoms with van der Waals surface area (Å²) in [4.78, 5) is 27.0. The zero-order valence-corrected chi connectivity index (χ0v) is 20.6. The number of carbonyl (C=O) groups is 2. The van der Waals surface area contributed by atoms with Crippen LogP contribution in [0.25, 0.3) is 0 Å². The van der Waals surface area contributed by atoms with E-state index in [1.54, 1.807) is 13.2 Å². The van der Waals surface area contributed by atoms with Crippen LogP contribution in [0.3, 0.4) is 0 Å². The fourth-order valence-corrected chi connectivity index (χ4v) is 4.11. The van der Waals surface area contributed by atoms with Gasteiger partial charge < -0.3 is 29.7 Å². The highest BCUT2D eigenvalue weighted by molar-refractivity contribution is 6.05. The maximum absolute atomic E-state index is 13.6. The lowest BCUT2D eigenvalue weighted by atomic mass is 9.98. The van der Waals surface area contributed by atoms with Crippen LogP contribution in [0.2, 0.25) is 0 Å². The van der Waals surface area contributed by atoms with E-state index >= 15 is 0 Å². The topological polar surface area (TPSA) is 126 Å². The average Bonchev–Trinajstić information content (AvgIpc) is 3.31. The van der Waals surface area contributed by atoms with Gasteiger partial charge in [-0.3, -0.25) is 0 Å². The van der Waals surface area contributed by atoms with Crippen LogP contribution in [0.15, 0.2) is 59.1 Å². The van der Waals surface area contributed by atoms with Crippen molar-refractivity contribution in [3.8, 4) is 0 Å². The first-order valence-electron chi connectivity index (χ1n) is 12.0. The molecular weight excluding hydrogens is 502 g/mol. The van der Waals surface area contributed by atoms with Crippen LogP contribution in [-0.2, 0) is 22.5 Å². The fourth-order valence-electron chi connectivity index (χ4n) is 4.11. The second-order valence-electron chi connectivity index (χ2n) is 8.85. The number of hydrogen-bond donors (Lipinski definition) is 3. The van der Waals surface area contributed by atoms with E-state index in [-0.39, 0.29) is 30.6 Å². The van der Waals surface area contributed by atoms with E-state index in [1.165, 1.54) is 36.4 Å². The number of aliphatic hydroxyl groups is 1. The number of carbonyl (C=O) groups excluding carboxylic acids is 2. The molecule has 2 aromatic carbocycles. The summed E-state index contributed by atoms with van der Waals surface area (Å²) in [6.45, 7) is -0.0522. The average molecular weight is 531 g/mol. The zero-order valence-electron chi connectivity index (χ0n) is 20.6. The van der Waals surface area contributed by atoms with Gasteiger partial charge in [-0.15, -0.1) is 0 Å². The van der Waals surface area contributed by atoms with Crippen LogP contribution in [0.5, 0.6) is 0 Å². The Morgan fingerprint density at radius 2 is 1.68 bits per heavy atom. The summed E-state index contributed by atoms with van der Waals surface area (Å²) in [5.41, 5.74) is 0.889. The molecule has 1 fully saturated rings. The summed E-state index contributed by atoms with van der Waals surface area (Å²) < 4.78 is 43.6. The molecule has 1 aliphatic heterocycles. The second kappa shape index (κ2) is 12.6. The third-order valence-corrected chi connectivity index (χ3v) is 5.92. The van der Waals surface area contributed by atoms with Gasteiger partial charge in [-0.05, 0) is 49.2 Å². The molecule has 1 aliphatic rings. The van der Waals surface area contributed by atoms with Crippen LogP contribution in [0, 0.1) is 11.6 Å². The smallest absolute Gasteiger partial charge is 0.330 e. The number of aromatic nitrogens is 1. The van der Waals surface area contributed by atoms with Crippen LogP contribution in [0.4, 0.5) is 29.7 Å². The van der Waals surface area contributed by atoms with E-state index in [2.05, 4.69) is 15.8 Å². The first kappa shape index (κ1) is 27.2. The number of benzene rings is 2. The Labute approximate surface area is 217 Å². The second-order valence-corrected chi connectivity index (χ2v) is 8.85. The van der Waals surface area contributed by atoms with Gasteiger partial charge in [0, 0.05) is 31.0 Å². The quantitative estimate of drug-likeness (QED) is 0.396. The maximum atomic E-state index is 13.6. The van der Waals surface area contributed by atoms with Crippen LogP contribution in [0.1, 0.15) is 24.3 Å². The number of methoxy groups -OCH3 is 1. The highest BCUT2D eigenvalue weighted by atomic mass is 19.1. The minimum Gasteiger partial charge on any atom is -0.390 e. The molecule has 4 rings (SSSR count). The predicted molar refractivity (Wildman–Crippen MR) is 132 cm³/mol. The van der Waals surface area contributed by atoms with Crippen molar-refractivity contribution in [1.29, 1.82) is 0 Å². The van der Waals surface area contributed by atoms with Crippen molar-refractivity contribution < 1.29 is 37.5 Å². The zero-order chi connectivity index (χ0) is 27.1. The summed E-state index contributed by atoms with van der Waals surface area (Å²) in [6, 6.07) is 10.3. The van der Waals surface area contributed by atoms with E-state index in [0.717, 1.165) is 17.0 Å². The van der Waals surface area contributed by atoms with Crippen LogP contribution in [-0.4, -0.2) is 59.2 Å². The summed E-state index contributed by atoms with van der Waals surface area (Å²) >= 11 is 0. The van der Waals surface area contributed by atoms with E-state index in [9.17, 15) is 23.5 Å². The number of rotatable bonds is 8. The number of amides is 4. The minimum atomic E-state index is -0.959. The molecule has 1 aromatic heterocycles. The Morgan fingerprint density at radius 1 is 1.05 bits per heavy atom. The summed E-state index contributed by atoms with van der Waals surface area (Å²) in [7, 11) is 1.54. The Balaban J connectivity index is 1.49. The molecule has 0 radical (unpaired) electrons. The molecule has 202 valence electrons. The van der Waals surface area contributed by atoms with Gasteiger partial charge in [0.05, 0.1) is 24.4 Å². The van der Waals surface area contributed by atoms with Crippen molar-refractivity contribution in [3.05, 3.63) is 77.7 Å². The monoisotopic (exact) mass is 530 g/mol. The molecule has 3 aromatic rings. The SMILES string of the molecule is COCc1cc(CC2CCC(O)C(CN(C(=O)Nc3cccc(F)c3)C(=O)Nc3cccc(F)c3)O2)no1. The van der Waals surface area contributed by atoms with Crippen molar-refractivity contribution in [2.45, 2.75) is 44.2 Å². The number of imide groups is 1. The molecule has 3 unspecified atom stereocenters. The molecule has 0 aliphatic carbocycles. The van der Waals surface area contributed by atoms with Crippen LogP contribution >= 0.6 is 0 Å². The summed E-state index contributed by atoms with van der Waals surface area (Å²) in [5.74, 6) is -0.591. The third-order valence-electron chi connectivity index (χ3n) is 5.92. The maximum Gasteiger partial charge on any atom is 0.330 e. The van der Waals surface area contributed by atoms with Gasteiger partial charge in [-0.25, -0.2) is 23.3 Å². The Morgan fingerprint density at radius 3 is 2.26 bits per heavy atom. The number of nitrogens with zero attached hydrogens (tertiary/aromatic N) is 2. The number of hydrogen-bond acceptors (Lipinski definition) is 7.